The van der Waals surface area contributed by atoms with Gasteiger partial charge in [-0.1, -0.05) is 6.07 Å². The number of halogens is 2. The van der Waals surface area contributed by atoms with Crippen molar-refractivity contribution < 1.29 is 13.6 Å². The van der Waals surface area contributed by atoms with Gasteiger partial charge in [-0.2, -0.15) is 0 Å². The van der Waals surface area contributed by atoms with Gasteiger partial charge in [-0.3, -0.25) is 4.79 Å². The van der Waals surface area contributed by atoms with Gasteiger partial charge in [0.1, 0.15) is 11.6 Å². The van der Waals surface area contributed by atoms with Crippen LogP contribution in [0.5, 0.6) is 0 Å². The number of carbonyl (C=O) groups is 1. The fourth-order valence-corrected chi connectivity index (χ4v) is 1.71. The lowest BCUT2D eigenvalue weighted by atomic mass is 10.1. The van der Waals surface area contributed by atoms with Crippen LogP contribution < -0.4 is 5.73 Å². The maximum absolute atomic E-state index is 13.4. The van der Waals surface area contributed by atoms with E-state index in [-0.39, 0.29) is 18.0 Å². The Hall–Kier alpha value is -1.49. The molecule has 3 nitrogen and oxygen atoms in total. The predicted molar refractivity (Wildman–Crippen MR) is 59.0 cm³/mol. The van der Waals surface area contributed by atoms with Gasteiger partial charge in [0, 0.05) is 25.2 Å². The van der Waals surface area contributed by atoms with Crippen LogP contribution in [-0.2, 0) is 11.3 Å². The fourth-order valence-electron chi connectivity index (χ4n) is 1.71. The van der Waals surface area contributed by atoms with Gasteiger partial charge in [-0.25, -0.2) is 8.78 Å². The molecule has 1 aromatic rings. The molecule has 0 spiro atoms. The molecule has 1 aliphatic rings. The van der Waals surface area contributed by atoms with Crippen molar-refractivity contribution in [3.63, 3.8) is 0 Å². The summed E-state index contributed by atoms with van der Waals surface area (Å²) in [5.41, 5.74) is 5.29. The lowest BCUT2D eigenvalue weighted by molar-refractivity contribution is -0.132. The number of amides is 1. The minimum atomic E-state index is -0.759. The molecule has 0 bridgehead atoms. The van der Waals surface area contributed by atoms with Gasteiger partial charge in [0.2, 0.25) is 5.91 Å². The summed E-state index contributed by atoms with van der Waals surface area (Å²) >= 11 is 0. The summed E-state index contributed by atoms with van der Waals surface area (Å²) in [4.78, 5) is 13.2. The number of likely N-dealkylation sites (N-methyl/N-ethyl adjacent to an activating group) is 1. The van der Waals surface area contributed by atoms with Crippen molar-refractivity contribution in [3.05, 3.63) is 35.4 Å². The number of rotatable bonds is 3. The molecule has 0 atom stereocenters. The summed E-state index contributed by atoms with van der Waals surface area (Å²) in [7, 11) is 1.57. The summed E-state index contributed by atoms with van der Waals surface area (Å²) in [5.74, 6) is -1.47. The molecule has 0 unspecified atom stereocenters. The smallest absolute Gasteiger partial charge is 0.242 e. The Labute approximate surface area is 98.2 Å². The average molecular weight is 240 g/mol. The van der Waals surface area contributed by atoms with Crippen molar-refractivity contribution >= 4 is 5.91 Å². The Morgan fingerprint density at radius 1 is 1.47 bits per heavy atom. The lowest BCUT2D eigenvalue weighted by Crippen LogP contribution is -2.43. The molecule has 5 heteroatoms. The van der Waals surface area contributed by atoms with Crippen LogP contribution in [0.3, 0.4) is 0 Å². The summed E-state index contributed by atoms with van der Waals surface area (Å²) in [6, 6.07) is 3.32. The first-order valence-corrected chi connectivity index (χ1v) is 5.41. The first kappa shape index (κ1) is 12.0. The van der Waals surface area contributed by atoms with E-state index in [2.05, 4.69) is 0 Å². The predicted octanol–water partition coefficient (Wildman–Crippen LogP) is 1.41. The monoisotopic (exact) mass is 240 g/mol. The van der Waals surface area contributed by atoms with E-state index in [0.29, 0.717) is 12.8 Å². The molecule has 92 valence electrons. The molecular weight excluding hydrogens is 226 g/mol. The van der Waals surface area contributed by atoms with Crippen molar-refractivity contribution in [2.45, 2.75) is 24.9 Å². The molecule has 1 aromatic carbocycles. The fraction of sp³-hybridized carbons (Fsp3) is 0.417. The highest BCUT2D eigenvalue weighted by Gasteiger charge is 2.47. The quantitative estimate of drug-likeness (QED) is 0.868. The second kappa shape index (κ2) is 4.07. The highest BCUT2D eigenvalue weighted by atomic mass is 19.1. The van der Waals surface area contributed by atoms with Crippen molar-refractivity contribution in [3.8, 4) is 0 Å². The number of hydrogen-bond donors (Lipinski definition) is 1. The summed E-state index contributed by atoms with van der Waals surface area (Å²) in [6.07, 6.45) is 1.34. The summed E-state index contributed by atoms with van der Waals surface area (Å²) in [5, 5.41) is 0. The first-order chi connectivity index (χ1) is 7.92. The Morgan fingerprint density at radius 2 is 2.12 bits per heavy atom. The van der Waals surface area contributed by atoms with Gasteiger partial charge in [0.25, 0.3) is 0 Å². The summed E-state index contributed by atoms with van der Waals surface area (Å²) in [6.45, 7) is 0.101. The van der Waals surface area contributed by atoms with Crippen LogP contribution in [-0.4, -0.2) is 23.4 Å². The maximum atomic E-state index is 13.4. The lowest BCUT2D eigenvalue weighted by Gasteiger charge is -2.21. The minimum Gasteiger partial charge on any atom is -0.340 e. The number of nitrogens with two attached hydrogens (primary N) is 1. The van der Waals surface area contributed by atoms with Gasteiger partial charge in [0.05, 0.1) is 5.54 Å². The Bertz CT molecular complexity index is 458. The normalized spacial score (nSPS) is 16.7. The van der Waals surface area contributed by atoms with E-state index in [1.54, 1.807) is 7.05 Å². The second-order valence-corrected chi connectivity index (χ2v) is 4.55. The van der Waals surface area contributed by atoms with E-state index in [4.69, 9.17) is 5.73 Å². The Morgan fingerprint density at radius 3 is 2.65 bits per heavy atom. The standard InChI is InChI=1S/C12H14F2N2O/c1-16(11(17)12(15)4-5-12)7-8-2-3-9(13)6-10(8)14/h2-3,6H,4-5,7,15H2,1H3. The van der Waals surface area contributed by atoms with E-state index in [1.807, 2.05) is 0 Å². The topological polar surface area (TPSA) is 46.3 Å². The van der Waals surface area contributed by atoms with E-state index >= 15 is 0 Å². The molecule has 17 heavy (non-hydrogen) atoms. The molecule has 0 aromatic heterocycles. The SMILES string of the molecule is CN(Cc1ccc(F)cc1F)C(=O)C1(N)CC1. The summed E-state index contributed by atoms with van der Waals surface area (Å²) < 4.78 is 26.1. The van der Waals surface area contributed by atoms with Gasteiger partial charge < -0.3 is 10.6 Å². The zero-order chi connectivity index (χ0) is 12.6. The van der Waals surface area contributed by atoms with Gasteiger partial charge in [0.15, 0.2) is 0 Å². The molecule has 2 rings (SSSR count). The van der Waals surface area contributed by atoms with Crippen LogP contribution in [0.15, 0.2) is 18.2 Å². The highest BCUT2D eigenvalue weighted by molar-refractivity contribution is 5.88. The molecule has 1 saturated carbocycles. The first-order valence-electron chi connectivity index (χ1n) is 5.41. The average Bonchev–Trinajstić information content (AvgIpc) is 3.01. The molecule has 0 saturated heterocycles. The van der Waals surface area contributed by atoms with Crippen molar-refractivity contribution in [1.82, 2.24) is 4.90 Å². The third-order valence-electron chi connectivity index (χ3n) is 2.98. The number of nitrogens with zero attached hydrogens (tertiary/aromatic N) is 1. The van der Waals surface area contributed by atoms with Crippen LogP contribution in [0.2, 0.25) is 0 Å². The van der Waals surface area contributed by atoms with Crippen molar-refractivity contribution in [2.75, 3.05) is 7.05 Å². The molecule has 0 aliphatic heterocycles. The van der Waals surface area contributed by atoms with E-state index in [0.717, 1.165) is 6.07 Å². The molecule has 2 N–H and O–H groups in total. The molecule has 1 fully saturated rings. The van der Waals surface area contributed by atoms with E-state index < -0.39 is 17.2 Å². The van der Waals surface area contributed by atoms with Crippen LogP contribution >= 0.6 is 0 Å². The minimum absolute atomic E-state index is 0.101. The van der Waals surface area contributed by atoms with E-state index in [1.165, 1.54) is 17.0 Å². The molecular formula is C12H14F2N2O. The van der Waals surface area contributed by atoms with Crippen LogP contribution in [0, 0.1) is 11.6 Å². The number of benzene rings is 1. The van der Waals surface area contributed by atoms with Gasteiger partial charge >= 0.3 is 0 Å². The molecule has 0 radical (unpaired) electrons. The van der Waals surface area contributed by atoms with E-state index in [9.17, 15) is 13.6 Å². The Balaban J connectivity index is 2.07. The maximum Gasteiger partial charge on any atom is 0.242 e. The molecule has 1 aliphatic carbocycles. The second-order valence-electron chi connectivity index (χ2n) is 4.55. The number of hydrogen-bond acceptors (Lipinski definition) is 2. The third-order valence-corrected chi connectivity index (χ3v) is 2.98. The van der Waals surface area contributed by atoms with Crippen LogP contribution in [0.1, 0.15) is 18.4 Å². The Kier molecular flexibility index (Phi) is 2.87. The van der Waals surface area contributed by atoms with Crippen molar-refractivity contribution in [1.29, 1.82) is 0 Å². The zero-order valence-electron chi connectivity index (χ0n) is 9.54. The van der Waals surface area contributed by atoms with Gasteiger partial charge in [-0.15, -0.1) is 0 Å². The van der Waals surface area contributed by atoms with Crippen molar-refractivity contribution in [2.24, 2.45) is 5.73 Å². The number of carbonyl (C=O) groups excluding carboxylic acids is 1. The molecule has 1 amide bonds. The van der Waals surface area contributed by atoms with Crippen LogP contribution in [0.25, 0.3) is 0 Å². The molecule has 0 heterocycles. The third kappa shape index (κ3) is 2.44. The largest absolute Gasteiger partial charge is 0.340 e. The van der Waals surface area contributed by atoms with Crippen LogP contribution in [0.4, 0.5) is 8.78 Å². The highest BCUT2D eigenvalue weighted by Crippen LogP contribution is 2.34. The van der Waals surface area contributed by atoms with Gasteiger partial charge in [-0.05, 0) is 18.9 Å². The zero-order valence-corrected chi connectivity index (χ0v) is 9.54.